The van der Waals surface area contributed by atoms with Crippen molar-refractivity contribution < 1.29 is 14.3 Å². The monoisotopic (exact) mass is 431 g/mol. The summed E-state index contributed by atoms with van der Waals surface area (Å²) in [4.78, 5) is 52.3. The fraction of sp³-hybridized carbons (Fsp3) is 0.0526. The highest BCUT2D eigenvalue weighted by Crippen LogP contribution is 2.33. The number of aromatic nitrogens is 2. The molecule has 1 aromatic heterocycles. The first-order valence-corrected chi connectivity index (χ1v) is 9.43. The minimum absolute atomic E-state index is 0.342. The average molecular weight is 432 g/mol. The Morgan fingerprint density at radius 1 is 1.03 bits per heavy atom. The molecule has 0 spiro atoms. The molecule has 0 saturated heterocycles. The molecule has 0 unspecified atom stereocenters. The third-order valence-electron chi connectivity index (χ3n) is 3.52. The fourth-order valence-corrected chi connectivity index (χ4v) is 3.29. The Balaban J connectivity index is 1.63. The number of carbonyl (C=O) groups is 2. The van der Waals surface area contributed by atoms with Crippen molar-refractivity contribution in [2.75, 3.05) is 11.9 Å². The first-order valence-electron chi connectivity index (χ1n) is 8.24. The third kappa shape index (κ3) is 5.84. The predicted octanol–water partition coefficient (Wildman–Crippen LogP) is 2.66. The van der Waals surface area contributed by atoms with Gasteiger partial charge in [0.25, 0.3) is 11.5 Å². The summed E-state index contributed by atoms with van der Waals surface area (Å²) in [5.41, 5.74) is -1.40. The summed E-state index contributed by atoms with van der Waals surface area (Å²) in [5, 5.41) is 3.29. The van der Waals surface area contributed by atoms with Crippen LogP contribution < -0.4 is 16.6 Å². The van der Waals surface area contributed by atoms with Crippen LogP contribution in [0.1, 0.15) is 10.5 Å². The van der Waals surface area contributed by atoms with Crippen molar-refractivity contribution in [2.45, 2.75) is 9.79 Å². The van der Waals surface area contributed by atoms with Crippen molar-refractivity contribution >= 4 is 40.9 Å². The number of anilines is 1. The maximum atomic E-state index is 12.2. The van der Waals surface area contributed by atoms with E-state index in [0.717, 1.165) is 15.9 Å². The van der Waals surface area contributed by atoms with Crippen LogP contribution in [0.2, 0.25) is 5.02 Å². The molecule has 0 saturated carbocycles. The highest BCUT2D eigenvalue weighted by Gasteiger charge is 2.13. The van der Waals surface area contributed by atoms with E-state index in [1.807, 2.05) is 29.2 Å². The summed E-state index contributed by atoms with van der Waals surface area (Å²) < 4.78 is 4.85. The lowest BCUT2D eigenvalue weighted by atomic mass is 10.3. The third-order valence-corrected chi connectivity index (χ3v) is 4.85. The number of rotatable bonds is 6. The molecule has 2 aromatic carbocycles. The first-order chi connectivity index (χ1) is 13.9. The molecule has 0 atom stereocenters. The van der Waals surface area contributed by atoms with Gasteiger partial charge >= 0.3 is 11.7 Å². The number of para-hydroxylation sites is 1. The summed E-state index contributed by atoms with van der Waals surface area (Å²) in [6, 6.07) is 15.3. The van der Waals surface area contributed by atoms with Gasteiger partial charge in [-0.25, -0.2) is 9.59 Å². The Labute approximate surface area is 173 Å². The lowest BCUT2D eigenvalue weighted by molar-refractivity contribution is -0.119. The van der Waals surface area contributed by atoms with E-state index < -0.39 is 29.7 Å². The lowest BCUT2D eigenvalue weighted by Crippen LogP contribution is -2.27. The van der Waals surface area contributed by atoms with Crippen LogP contribution in [-0.2, 0) is 9.53 Å². The van der Waals surface area contributed by atoms with Crippen molar-refractivity contribution in [3.8, 4) is 0 Å². The van der Waals surface area contributed by atoms with E-state index >= 15 is 0 Å². The molecule has 1 amide bonds. The lowest BCUT2D eigenvalue weighted by Gasteiger charge is -2.11. The number of nitrogens with one attached hydrogen (secondary N) is 3. The molecular weight excluding hydrogens is 418 g/mol. The van der Waals surface area contributed by atoms with Gasteiger partial charge in [0.05, 0.1) is 5.69 Å². The second kappa shape index (κ2) is 9.26. The maximum absolute atomic E-state index is 12.2. The summed E-state index contributed by atoms with van der Waals surface area (Å²) in [6.07, 6.45) is 0. The summed E-state index contributed by atoms with van der Waals surface area (Å²) in [7, 11) is 0. The van der Waals surface area contributed by atoms with E-state index in [0.29, 0.717) is 10.7 Å². The molecule has 29 heavy (non-hydrogen) atoms. The minimum Gasteiger partial charge on any atom is -0.451 e. The molecule has 8 nitrogen and oxygen atoms in total. The SMILES string of the molecule is O=C(COC(=O)c1cc(=O)[nH]c(=O)[nH]1)Nc1ccccc1Sc1ccc(Cl)cc1. The van der Waals surface area contributed by atoms with Gasteiger partial charge in [-0.15, -0.1) is 0 Å². The minimum atomic E-state index is -0.993. The Bertz CT molecular complexity index is 1130. The number of carbonyl (C=O) groups excluding carboxylic acids is 2. The zero-order valence-corrected chi connectivity index (χ0v) is 16.3. The van der Waals surface area contributed by atoms with Gasteiger partial charge < -0.3 is 15.0 Å². The molecule has 0 bridgehead atoms. The second-order valence-corrected chi connectivity index (χ2v) is 7.23. The number of halogens is 1. The van der Waals surface area contributed by atoms with Crippen LogP contribution in [0.15, 0.2) is 74.0 Å². The molecule has 1 heterocycles. The highest BCUT2D eigenvalue weighted by molar-refractivity contribution is 7.99. The molecule has 148 valence electrons. The number of ether oxygens (including phenoxy) is 1. The van der Waals surface area contributed by atoms with Gasteiger partial charge in [-0.05, 0) is 36.4 Å². The van der Waals surface area contributed by atoms with Gasteiger partial charge in [-0.1, -0.05) is 35.5 Å². The van der Waals surface area contributed by atoms with Crippen LogP contribution >= 0.6 is 23.4 Å². The largest absolute Gasteiger partial charge is 0.451 e. The second-order valence-electron chi connectivity index (χ2n) is 5.68. The van der Waals surface area contributed by atoms with Gasteiger partial charge in [0.2, 0.25) is 0 Å². The Hall–Kier alpha value is -3.30. The van der Waals surface area contributed by atoms with E-state index in [-0.39, 0.29) is 5.69 Å². The van der Waals surface area contributed by atoms with Crippen LogP contribution in [0.25, 0.3) is 0 Å². The van der Waals surface area contributed by atoms with Crippen LogP contribution in [-0.4, -0.2) is 28.5 Å². The number of amides is 1. The Morgan fingerprint density at radius 2 is 1.76 bits per heavy atom. The summed E-state index contributed by atoms with van der Waals surface area (Å²) in [6.45, 7) is -0.590. The van der Waals surface area contributed by atoms with Crippen molar-refractivity contribution in [3.63, 3.8) is 0 Å². The van der Waals surface area contributed by atoms with E-state index in [1.54, 1.807) is 24.3 Å². The number of hydrogen-bond acceptors (Lipinski definition) is 6. The van der Waals surface area contributed by atoms with Crippen molar-refractivity contribution in [3.05, 3.63) is 86.2 Å². The summed E-state index contributed by atoms with van der Waals surface area (Å²) in [5.74, 6) is -1.57. The number of aromatic amines is 2. The Morgan fingerprint density at radius 3 is 2.48 bits per heavy atom. The molecule has 3 N–H and O–H groups in total. The van der Waals surface area contributed by atoms with Crippen LogP contribution in [0.4, 0.5) is 5.69 Å². The van der Waals surface area contributed by atoms with E-state index in [1.165, 1.54) is 11.8 Å². The molecule has 3 aromatic rings. The quantitative estimate of drug-likeness (QED) is 0.516. The first kappa shape index (κ1) is 20.4. The highest BCUT2D eigenvalue weighted by atomic mass is 35.5. The van der Waals surface area contributed by atoms with Gasteiger partial charge in [0.15, 0.2) is 6.61 Å². The van der Waals surface area contributed by atoms with Gasteiger partial charge in [-0.2, -0.15) is 0 Å². The average Bonchev–Trinajstić information content (AvgIpc) is 2.68. The van der Waals surface area contributed by atoms with Crippen molar-refractivity contribution in [2.24, 2.45) is 0 Å². The topological polar surface area (TPSA) is 121 Å². The fourth-order valence-electron chi connectivity index (χ4n) is 2.26. The van der Waals surface area contributed by atoms with E-state index in [9.17, 15) is 19.2 Å². The number of esters is 1. The molecule has 10 heteroatoms. The van der Waals surface area contributed by atoms with E-state index in [4.69, 9.17) is 16.3 Å². The van der Waals surface area contributed by atoms with Crippen LogP contribution in [0.3, 0.4) is 0 Å². The van der Waals surface area contributed by atoms with Crippen LogP contribution in [0.5, 0.6) is 0 Å². The molecule has 0 aliphatic rings. The van der Waals surface area contributed by atoms with Crippen molar-refractivity contribution in [1.82, 2.24) is 9.97 Å². The number of hydrogen-bond donors (Lipinski definition) is 3. The maximum Gasteiger partial charge on any atom is 0.355 e. The van der Waals surface area contributed by atoms with E-state index in [2.05, 4.69) is 10.3 Å². The standard InChI is InChI=1S/C19H14ClN3O5S/c20-11-5-7-12(8-6-11)29-15-4-2-1-3-13(15)21-17(25)10-28-18(26)14-9-16(24)23-19(27)22-14/h1-9H,10H2,(H,21,25)(H2,22,23,24,27). The number of benzene rings is 2. The molecule has 0 aliphatic carbocycles. The summed E-state index contributed by atoms with van der Waals surface area (Å²) >= 11 is 7.32. The van der Waals surface area contributed by atoms with Crippen molar-refractivity contribution in [1.29, 1.82) is 0 Å². The Kier molecular flexibility index (Phi) is 6.53. The predicted molar refractivity (Wildman–Crippen MR) is 109 cm³/mol. The smallest absolute Gasteiger partial charge is 0.355 e. The zero-order valence-electron chi connectivity index (χ0n) is 14.7. The normalized spacial score (nSPS) is 10.4. The van der Waals surface area contributed by atoms with Gasteiger partial charge in [-0.3, -0.25) is 14.6 Å². The van der Waals surface area contributed by atoms with Gasteiger partial charge in [0, 0.05) is 20.9 Å². The molecule has 0 aliphatic heterocycles. The molecule has 3 rings (SSSR count). The van der Waals surface area contributed by atoms with Crippen LogP contribution in [0, 0.1) is 0 Å². The molecule has 0 fully saturated rings. The number of H-pyrrole nitrogens is 2. The van der Waals surface area contributed by atoms with Gasteiger partial charge in [0.1, 0.15) is 5.69 Å². The zero-order chi connectivity index (χ0) is 20.8. The molecular formula is C19H14ClN3O5S. The molecule has 0 radical (unpaired) electrons.